The van der Waals surface area contributed by atoms with Gasteiger partial charge >= 0.3 is 82.3 Å². The van der Waals surface area contributed by atoms with Gasteiger partial charge in [-0.1, -0.05) is 0 Å². The first-order chi connectivity index (χ1) is 5.29. The van der Waals surface area contributed by atoms with Gasteiger partial charge in [-0.15, -0.1) is 0 Å². The summed E-state index contributed by atoms with van der Waals surface area (Å²) >= 11 is 1.55. The molecular weight excluding hydrogens is 371 g/mol. The molecule has 1 aromatic carbocycles. The van der Waals surface area contributed by atoms with E-state index in [9.17, 15) is 0 Å². The molecule has 67 valence electrons. The second-order valence-electron chi connectivity index (χ2n) is 2.95. The van der Waals surface area contributed by atoms with Gasteiger partial charge in [-0.2, -0.15) is 0 Å². The molecule has 0 heterocycles. The van der Waals surface area contributed by atoms with E-state index in [2.05, 4.69) is 37.3 Å². The smallest absolute Gasteiger partial charge is 1.00 e. The van der Waals surface area contributed by atoms with Crippen LogP contribution in [-0.2, 0) is 24.7 Å². The zero-order valence-electron chi connectivity index (χ0n) is 7.22. The molecule has 1 aliphatic rings. The molecule has 0 saturated heterocycles. The Labute approximate surface area is 115 Å². The molecule has 1 atom stereocenters. The molecule has 13 heavy (non-hydrogen) atoms. The average molecular weight is 380 g/mol. The van der Waals surface area contributed by atoms with E-state index in [-0.39, 0.29) is 34.0 Å². The molecule has 1 unspecified atom stereocenters. The molecule has 1 aliphatic carbocycles. The SMILES string of the molecule is CC1[C]([Zr+2])=Cc2ccccc21.[Br-].[Br-]. The van der Waals surface area contributed by atoms with Crippen LogP contribution in [0.5, 0.6) is 0 Å². The van der Waals surface area contributed by atoms with Crippen LogP contribution in [0.2, 0.25) is 0 Å². The van der Waals surface area contributed by atoms with Crippen molar-refractivity contribution >= 4 is 6.08 Å². The molecule has 0 saturated carbocycles. The zero-order valence-corrected chi connectivity index (χ0v) is 12.9. The van der Waals surface area contributed by atoms with Crippen molar-refractivity contribution in [3.8, 4) is 0 Å². The van der Waals surface area contributed by atoms with Crippen LogP contribution in [0.4, 0.5) is 0 Å². The van der Waals surface area contributed by atoms with Crippen molar-refractivity contribution in [3.63, 3.8) is 0 Å². The first-order valence-electron chi connectivity index (χ1n) is 3.81. The molecule has 0 fully saturated rings. The van der Waals surface area contributed by atoms with Gasteiger partial charge in [0, 0.05) is 0 Å². The monoisotopic (exact) mass is 377 g/mol. The van der Waals surface area contributed by atoms with E-state index < -0.39 is 0 Å². The van der Waals surface area contributed by atoms with Gasteiger partial charge in [-0.3, -0.25) is 0 Å². The second-order valence-corrected chi connectivity index (χ2v) is 4.37. The molecule has 1 aromatic rings. The van der Waals surface area contributed by atoms with Crippen LogP contribution in [0.3, 0.4) is 0 Å². The molecule has 0 radical (unpaired) electrons. The maximum atomic E-state index is 2.32. The van der Waals surface area contributed by atoms with Crippen LogP contribution < -0.4 is 34.0 Å². The van der Waals surface area contributed by atoms with Crippen LogP contribution in [0.25, 0.3) is 6.08 Å². The molecule has 2 rings (SSSR count). The van der Waals surface area contributed by atoms with Crippen molar-refractivity contribution in [2.75, 3.05) is 0 Å². The van der Waals surface area contributed by atoms with Crippen molar-refractivity contribution < 1.29 is 58.7 Å². The fraction of sp³-hybridized carbons (Fsp3) is 0.200. The van der Waals surface area contributed by atoms with E-state index in [1.54, 1.807) is 28.0 Å². The Hall–Kier alpha value is 0.803. The molecule has 0 N–H and O–H groups in total. The Balaban J connectivity index is 0.000000720. The molecule has 0 spiro atoms. The number of allylic oxidation sites excluding steroid dienone is 1. The van der Waals surface area contributed by atoms with E-state index >= 15 is 0 Å². The molecular formula is C10H9Br2Zr. The fourth-order valence-corrected chi connectivity index (χ4v) is 2.26. The summed E-state index contributed by atoms with van der Waals surface area (Å²) in [6, 6.07) is 8.66. The van der Waals surface area contributed by atoms with Crippen LogP contribution in [-0.4, -0.2) is 0 Å². The van der Waals surface area contributed by atoms with Gasteiger partial charge in [0.15, 0.2) is 0 Å². The van der Waals surface area contributed by atoms with E-state index in [1.165, 1.54) is 11.1 Å². The van der Waals surface area contributed by atoms with Gasteiger partial charge in [0.1, 0.15) is 0 Å². The van der Waals surface area contributed by atoms with Gasteiger partial charge in [-0.05, 0) is 0 Å². The number of hydrogen-bond donors (Lipinski definition) is 0. The first-order valence-corrected chi connectivity index (χ1v) is 5.04. The topological polar surface area (TPSA) is 0 Å². The summed E-state index contributed by atoms with van der Waals surface area (Å²) in [6.45, 7) is 2.28. The predicted octanol–water partition coefficient (Wildman–Crippen LogP) is -3.30. The Bertz CT molecular complexity index is 320. The standard InChI is InChI=1S/C10H9.2BrH.Zr/c1-8-6-7-9-4-2-3-5-10(8)9;;;/h2-5,7-8H,1H3;2*1H;/q;;;+2/p-2. The normalized spacial score (nSPS) is 18.1. The summed E-state index contributed by atoms with van der Waals surface area (Å²) in [7, 11) is 0. The Morgan fingerprint density at radius 2 is 1.77 bits per heavy atom. The zero-order chi connectivity index (χ0) is 7.84. The van der Waals surface area contributed by atoms with Crippen molar-refractivity contribution in [2.45, 2.75) is 12.8 Å². The summed E-state index contributed by atoms with van der Waals surface area (Å²) in [4.78, 5) is 0. The van der Waals surface area contributed by atoms with Crippen molar-refractivity contribution in [1.29, 1.82) is 0 Å². The largest absolute Gasteiger partial charge is 1.00 e. The predicted molar refractivity (Wildman–Crippen MR) is 42.8 cm³/mol. The first kappa shape index (κ1) is 13.8. The summed E-state index contributed by atoms with van der Waals surface area (Å²) in [5.41, 5.74) is 2.92. The second kappa shape index (κ2) is 5.63. The Kier molecular flexibility index (Phi) is 5.98. The van der Waals surface area contributed by atoms with Gasteiger partial charge in [0.25, 0.3) is 0 Å². The van der Waals surface area contributed by atoms with Gasteiger partial charge in [-0.25, -0.2) is 0 Å². The van der Waals surface area contributed by atoms with E-state index in [4.69, 9.17) is 0 Å². The third-order valence-electron chi connectivity index (χ3n) is 2.24. The minimum Gasteiger partial charge on any atom is -1.00 e. The number of fused-ring (bicyclic) bond motifs is 1. The van der Waals surface area contributed by atoms with Crippen molar-refractivity contribution in [3.05, 3.63) is 38.7 Å². The summed E-state index contributed by atoms with van der Waals surface area (Å²) < 4.78 is 1.57. The van der Waals surface area contributed by atoms with Crippen molar-refractivity contribution in [1.82, 2.24) is 0 Å². The quantitative estimate of drug-likeness (QED) is 0.443. The summed E-state index contributed by atoms with van der Waals surface area (Å²) in [6.07, 6.45) is 2.32. The van der Waals surface area contributed by atoms with Crippen LogP contribution >= 0.6 is 0 Å². The number of hydrogen-bond acceptors (Lipinski definition) is 0. The number of halogens is 2. The molecule has 0 aliphatic heterocycles. The van der Waals surface area contributed by atoms with E-state index in [1.807, 2.05) is 0 Å². The van der Waals surface area contributed by atoms with Crippen LogP contribution in [0.1, 0.15) is 24.0 Å². The minimum absolute atomic E-state index is 0. The summed E-state index contributed by atoms with van der Waals surface area (Å²) in [5, 5.41) is 0. The van der Waals surface area contributed by atoms with E-state index in [0.717, 1.165) is 0 Å². The van der Waals surface area contributed by atoms with Crippen LogP contribution in [0.15, 0.2) is 27.5 Å². The third kappa shape index (κ3) is 2.64. The Morgan fingerprint density at radius 3 is 2.38 bits per heavy atom. The average Bonchev–Trinajstić information content (AvgIpc) is 2.30. The maximum Gasteiger partial charge on any atom is -1.00 e. The number of rotatable bonds is 0. The minimum atomic E-state index is 0. The molecule has 0 aromatic heterocycles. The molecule has 3 heteroatoms. The van der Waals surface area contributed by atoms with Crippen LogP contribution in [0, 0.1) is 0 Å². The molecule has 0 amide bonds. The third-order valence-corrected chi connectivity index (χ3v) is 3.66. The summed E-state index contributed by atoms with van der Waals surface area (Å²) in [5.74, 6) is 0.671. The van der Waals surface area contributed by atoms with Gasteiger partial charge in [0.2, 0.25) is 0 Å². The number of benzene rings is 1. The maximum absolute atomic E-state index is 2.32. The fourth-order valence-electron chi connectivity index (χ4n) is 1.50. The van der Waals surface area contributed by atoms with Gasteiger partial charge < -0.3 is 34.0 Å². The Morgan fingerprint density at radius 1 is 1.15 bits per heavy atom. The van der Waals surface area contributed by atoms with Gasteiger partial charge in [0.05, 0.1) is 0 Å². The molecule has 0 bridgehead atoms. The molecule has 0 nitrogen and oxygen atoms in total. The van der Waals surface area contributed by atoms with Crippen molar-refractivity contribution in [2.24, 2.45) is 0 Å². The van der Waals surface area contributed by atoms with E-state index in [0.29, 0.717) is 5.92 Å².